The number of nitrogens with zero attached hydrogens (tertiary/aromatic N) is 3. The number of hydrogen-bond acceptors (Lipinski definition) is 3. The summed E-state index contributed by atoms with van der Waals surface area (Å²) in [6.07, 6.45) is 4.33. The Bertz CT molecular complexity index is 363. The Morgan fingerprint density at radius 3 is 3.00 bits per heavy atom. The fourth-order valence-electron chi connectivity index (χ4n) is 2.04. The molecule has 1 aromatic heterocycles. The summed E-state index contributed by atoms with van der Waals surface area (Å²) in [5.74, 6) is 0.820. The highest BCUT2D eigenvalue weighted by Crippen LogP contribution is 2.24. The van der Waals surface area contributed by atoms with Crippen molar-refractivity contribution in [1.29, 1.82) is 5.26 Å². The van der Waals surface area contributed by atoms with Crippen molar-refractivity contribution in [1.82, 2.24) is 4.98 Å². The first kappa shape index (κ1) is 9.97. The summed E-state index contributed by atoms with van der Waals surface area (Å²) in [6.45, 7) is 4.49. The third-order valence-corrected chi connectivity index (χ3v) is 3.09. The molecule has 3 nitrogen and oxygen atoms in total. The van der Waals surface area contributed by atoms with Crippen LogP contribution in [0, 0.1) is 17.2 Å². The third kappa shape index (κ3) is 2.10. The minimum absolute atomic E-state index is 0.491. The Labute approximate surface area is 90.4 Å². The average molecular weight is 201 g/mol. The molecule has 0 spiro atoms. The van der Waals surface area contributed by atoms with Crippen molar-refractivity contribution >= 4 is 5.69 Å². The van der Waals surface area contributed by atoms with Crippen LogP contribution in [0.15, 0.2) is 18.3 Å². The Hall–Kier alpha value is -1.56. The number of pyridine rings is 1. The van der Waals surface area contributed by atoms with E-state index in [1.807, 2.05) is 12.1 Å². The van der Waals surface area contributed by atoms with Gasteiger partial charge < -0.3 is 4.90 Å². The van der Waals surface area contributed by atoms with E-state index in [9.17, 15) is 0 Å². The molecule has 0 saturated carbocycles. The van der Waals surface area contributed by atoms with Crippen LogP contribution in [0.25, 0.3) is 0 Å². The zero-order valence-electron chi connectivity index (χ0n) is 8.98. The van der Waals surface area contributed by atoms with Crippen molar-refractivity contribution in [2.24, 2.45) is 5.92 Å². The summed E-state index contributed by atoms with van der Waals surface area (Å²) >= 11 is 0. The molecule has 0 amide bonds. The molecule has 15 heavy (non-hydrogen) atoms. The molecule has 0 aromatic carbocycles. The van der Waals surface area contributed by atoms with Crippen LogP contribution in [0.4, 0.5) is 5.69 Å². The molecule has 3 heteroatoms. The van der Waals surface area contributed by atoms with Crippen LogP contribution in [0.1, 0.15) is 25.5 Å². The maximum atomic E-state index is 8.65. The van der Waals surface area contributed by atoms with Crippen LogP contribution in [0.5, 0.6) is 0 Å². The normalized spacial score (nSPS) is 20.3. The van der Waals surface area contributed by atoms with Crippen molar-refractivity contribution in [3.63, 3.8) is 0 Å². The first-order valence-corrected chi connectivity index (χ1v) is 5.44. The second-order valence-electron chi connectivity index (χ2n) is 4.02. The largest absolute Gasteiger partial charge is 0.370 e. The molecule has 1 aromatic rings. The van der Waals surface area contributed by atoms with E-state index in [4.69, 9.17) is 5.26 Å². The highest BCUT2D eigenvalue weighted by atomic mass is 15.2. The number of rotatable bonds is 2. The number of nitriles is 1. The predicted molar refractivity (Wildman–Crippen MR) is 59.6 cm³/mol. The van der Waals surface area contributed by atoms with Gasteiger partial charge in [-0.15, -0.1) is 0 Å². The minimum atomic E-state index is 0.491. The summed E-state index contributed by atoms with van der Waals surface area (Å²) in [7, 11) is 0. The number of aromatic nitrogens is 1. The highest BCUT2D eigenvalue weighted by Gasteiger charge is 2.20. The van der Waals surface area contributed by atoms with Crippen LogP contribution in [-0.4, -0.2) is 18.1 Å². The van der Waals surface area contributed by atoms with Gasteiger partial charge in [0.2, 0.25) is 0 Å². The van der Waals surface area contributed by atoms with E-state index < -0.39 is 0 Å². The Morgan fingerprint density at radius 2 is 2.47 bits per heavy atom. The lowest BCUT2D eigenvalue weighted by molar-refractivity contribution is 0.569. The van der Waals surface area contributed by atoms with E-state index in [-0.39, 0.29) is 0 Å². The van der Waals surface area contributed by atoms with E-state index >= 15 is 0 Å². The maximum absolute atomic E-state index is 8.65. The summed E-state index contributed by atoms with van der Waals surface area (Å²) < 4.78 is 0. The molecule has 2 heterocycles. The van der Waals surface area contributed by atoms with E-state index in [0.29, 0.717) is 5.69 Å². The van der Waals surface area contributed by atoms with Crippen LogP contribution in [-0.2, 0) is 0 Å². The topological polar surface area (TPSA) is 39.9 Å². The monoisotopic (exact) mass is 201 g/mol. The van der Waals surface area contributed by atoms with Crippen LogP contribution >= 0.6 is 0 Å². The van der Waals surface area contributed by atoms with Crippen molar-refractivity contribution < 1.29 is 0 Å². The SMILES string of the molecule is CCC1CCN(c2ccc(C#N)nc2)C1. The second-order valence-corrected chi connectivity index (χ2v) is 4.02. The van der Waals surface area contributed by atoms with Gasteiger partial charge in [-0.05, 0) is 24.5 Å². The molecule has 0 bridgehead atoms. The Balaban J connectivity index is 2.08. The smallest absolute Gasteiger partial charge is 0.140 e. The van der Waals surface area contributed by atoms with Gasteiger partial charge in [0, 0.05) is 13.1 Å². The van der Waals surface area contributed by atoms with Gasteiger partial charge in [0.25, 0.3) is 0 Å². The lowest BCUT2D eigenvalue weighted by atomic mass is 10.1. The Morgan fingerprint density at radius 1 is 1.60 bits per heavy atom. The highest BCUT2D eigenvalue weighted by molar-refractivity contribution is 5.46. The molecule has 1 aliphatic rings. The summed E-state index contributed by atoms with van der Waals surface area (Å²) in [5, 5.41) is 8.65. The predicted octanol–water partition coefficient (Wildman–Crippen LogP) is 2.19. The summed E-state index contributed by atoms with van der Waals surface area (Å²) in [4.78, 5) is 6.44. The van der Waals surface area contributed by atoms with E-state index in [0.717, 1.165) is 24.7 Å². The molecule has 0 aliphatic carbocycles. The standard InChI is InChI=1S/C12H15N3/c1-2-10-5-6-15(9-10)12-4-3-11(7-13)14-8-12/h3-4,8,10H,2,5-6,9H2,1H3. The molecular formula is C12H15N3. The number of anilines is 1. The van der Waals surface area contributed by atoms with Crippen molar-refractivity contribution in [3.8, 4) is 6.07 Å². The van der Waals surface area contributed by atoms with Gasteiger partial charge in [0.15, 0.2) is 0 Å². The molecule has 0 radical (unpaired) electrons. The van der Waals surface area contributed by atoms with Crippen LogP contribution in [0.3, 0.4) is 0 Å². The van der Waals surface area contributed by atoms with Gasteiger partial charge in [0.05, 0.1) is 11.9 Å². The van der Waals surface area contributed by atoms with Gasteiger partial charge in [-0.1, -0.05) is 13.3 Å². The molecule has 2 rings (SSSR count). The van der Waals surface area contributed by atoms with Gasteiger partial charge in [-0.2, -0.15) is 5.26 Å². The second kappa shape index (κ2) is 4.31. The Kier molecular flexibility index (Phi) is 2.86. The third-order valence-electron chi connectivity index (χ3n) is 3.09. The van der Waals surface area contributed by atoms with Gasteiger partial charge in [-0.25, -0.2) is 4.98 Å². The zero-order valence-corrected chi connectivity index (χ0v) is 8.98. The zero-order chi connectivity index (χ0) is 10.7. The molecule has 1 saturated heterocycles. The summed E-state index contributed by atoms with van der Waals surface area (Å²) in [5.41, 5.74) is 1.63. The molecular weight excluding hydrogens is 186 g/mol. The average Bonchev–Trinajstić information content (AvgIpc) is 2.78. The van der Waals surface area contributed by atoms with E-state index in [2.05, 4.69) is 16.8 Å². The van der Waals surface area contributed by atoms with Crippen molar-refractivity contribution in [3.05, 3.63) is 24.0 Å². The quantitative estimate of drug-likeness (QED) is 0.736. The summed E-state index contributed by atoms with van der Waals surface area (Å²) in [6, 6.07) is 5.81. The van der Waals surface area contributed by atoms with E-state index in [1.54, 1.807) is 12.3 Å². The van der Waals surface area contributed by atoms with E-state index in [1.165, 1.54) is 12.8 Å². The molecule has 1 aliphatic heterocycles. The first-order valence-electron chi connectivity index (χ1n) is 5.44. The molecule has 78 valence electrons. The van der Waals surface area contributed by atoms with Crippen molar-refractivity contribution in [2.45, 2.75) is 19.8 Å². The molecule has 1 atom stereocenters. The molecule has 1 fully saturated rings. The van der Waals surface area contributed by atoms with Gasteiger partial charge >= 0.3 is 0 Å². The minimum Gasteiger partial charge on any atom is -0.370 e. The molecule has 0 N–H and O–H groups in total. The fourth-order valence-corrected chi connectivity index (χ4v) is 2.04. The lowest BCUT2D eigenvalue weighted by Crippen LogP contribution is -2.19. The number of hydrogen-bond donors (Lipinski definition) is 0. The van der Waals surface area contributed by atoms with Gasteiger partial charge in [0.1, 0.15) is 11.8 Å². The lowest BCUT2D eigenvalue weighted by Gasteiger charge is -2.17. The van der Waals surface area contributed by atoms with Crippen molar-refractivity contribution in [2.75, 3.05) is 18.0 Å². The molecule has 1 unspecified atom stereocenters. The maximum Gasteiger partial charge on any atom is 0.140 e. The van der Waals surface area contributed by atoms with Crippen LogP contribution in [0.2, 0.25) is 0 Å². The van der Waals surface area contributed by atoms with Crippen LogP contribution < -0.4 is 4.90 Å². The fraction of sp³-hybridized carbons (Fsp3) is 0.500. The first-order chi connectivity index (χ1) is 7.33. The van der Waals surface area contributed by atoms with Gasteiger partial charge in [-0.3, -0.25) is 0 Å².